The van der Waals surface area contributed by atoms with E-state index in [0.717, 1.165) is 0 Å². The van der Waals surface area contributed by atoms with Gasteiger partial charge in [0.15, 0.2) is 5.69 Å². The van der Waals surface area contributed by atoms with E-state index < -0.39 is 0 Å². The van der Waals surface area contributed by atoms with Gasteiger partial charge in [0.2, 0.25) is 5.82 Å². The molecule has 0 aliphatic carbocycles. The number of hydrogen-bond donors (Lipinski definition) is 2. The summed E-state index contributed by atoms with van der Waals surface area (Å²) in [6.45, 7) is 11.9. The molecule has 2 N–H and O–H groups in total. The maximum absolute atomic E-state index is 13.1. The van der Waals surface area contributed by atoms with Crippen LogP contribution in [0.25, 0.3) is 5.69 Å². The molecule has 0 aliphatic heterocycles. The van der Waals surface area contributed by atoms with E-state index in [4.69, 9.17) is 0 Å². The van der Waals surface area contributed by atoms with Crippen LogP contribution < -0.4 is 5.56 Å². The molecule has 150 valence electrons. The minimum Gasteiger partial charge on any atom is -0.292 e. The lowest BCUT2D eigenvalue weighted by Gasteiger charge is -2.16. The van der Waals surface area contributed by atoms with Gasteiger partial charge in [-0.3, -0.25) is 15.0 Å². The maximum atomic E-state index is 13.1. The summed E-state index contributed by atoms with van der Waals surface area (Å²) in [5.41, 5.74) is 1.60. The van der Waals surface area contributed by atoms with Crippen LogP contribution in [-0.4, -0.2) is 20.0 Å². The van der Waals surface area contributed by atoms with E-state index in [1.807, 2.05) is 71.9 Å². The van der Waals surface area contributed by atoms with Gasteiger partial charge in [0.05, 0.1) is 17.1 Å². The summed E-state index contributed by atoms with van der Waals surface area (Å²) in [5, 5.41) is 28.1. The molecule has 0 spiro atoms. The van der Waals surface area contributed by atoms with Crippen molar-refractivity contribution in [3.63, 3.8) is 0 Å². The van der Waals surface area contributed by atoms with Gasteiger partial charge in [0, 0.05) is 10.8 Å². The smallest absolute Gasteiger partial charge is 0.292 e. The van der Waals surface area contributed by atoms with Crippen molar-refractivity contribution >= 4 is 11.5 Å². The first-order valence-electron chi connectivity index (χ1n) is 9.35. The zero-order valence-corrected chi connectivity index (χ0v) is 17.5. The second-order valence-electron chi connectivity index (χ2n) is 8.92. The third-order valence-electron chi connectivity index (χ3n) is 4.48. The molecule has 2 heterocycles. The first-order chi connectivity index (χ1) is 13.5. The van der Waals surface area contributed by atoms with Crippen molar-refractivity contribution in [1.82, 2.24) is 20.0 Å². The van der Waals surface area contributed by atoms with E-state index in [-0.39, 0.29) is 27.9 Å². The Labute approximate surface area is 169 Å². The number of para-hydroxylation sites is 1. The van der Waals surface area contributed by atoms with Crippen LogP contribution in [0, 0.1) is 11.3 Å². The van der Waals surface area contributed by atoms with Crippen molar-refractivity contribution in [3.05, 3.63) is 57.6 Å². The molecule has 0 fully saturated rings. The van der Waals surface area contributed by atoms with E-state index in [1.165, 1.54) is 4.68 Å². The van der Waals surface area contributed by atoms with Crippen molar-refractivity contribution in [2.24, 2.45) is 10.2 Å². The predicted molar refractivity (Wildman–Crippen MR) is 111 cm³/mol. The van der Waals surface area contributed by atoms with E-state index in [0.29, 0.717) is 22.6 Å². The van der Waals surface area contributed by atoms with Gasteiger partial charge in [-0.1, -0.05) is 59.7 Å². The average Bonchev–Trinajstić information content (AvgIpc) is 3.21. The molecule has 0 aliphatic rings. The van der Waals surface area contributed by atoms with Crippen LogP contribution in [0.15, 0.2) is 45.4 Å². The van der Waals surface area contributed by atoms with Gasteiger partial charge in [-0.2, -0.15) is 10.4 Å². The van der Waals surface area contributed by atoms with Gasteiger partial charge in [-0.15, -0.1) is 10.2 Å². The van der Waals surface area contributed by atoms with Crippen molar-refractivity contribution in [2.45, 2.75) is 52.4 Å². The fourth-order valence-corrected chi connectivity index (χ4v) is 2.95. The van der Waals surface area contributed by atoms with Crippen LogP contribution >= 0.6 is 0 Å². The van der Waals surface area contributed by atoms with E-state index in [2.05, 4.69) is 31.6 Å². The summed E-state index contributed by atoms with van der Waals surface area (Å²) < 4.78 is 1.45. The second-order valence-corrected chi connectivity index (χ2v) is 8.92. The monoisotopic (exact) mass is 391 g/mol. The molecule has 0 radical (unpaired) electrons. The van der Waals surface area contributed by atoms with Crippen molar-refractivity contribution in [3.8, 4) is 11.8 Å². The van der Waals surface area contributed by atoms with E-state index in [1.54, 1.807) is 0 Å². The van der Waals surface area contributed by atoms with E-state index in [9.17, 15) is 10.1 Å². The highest BCUT2D eigenvalue weighted by Crippen LogP contribution is 2.32. The lowest BCUT2D eigenvalue weighted by Crippen LogP contribution is -2.14. The molecular formula is C21H25N7O. The molecule has 3 rings (SSSR count). The molecule has 0 bridgehead atoms. The molecule has 8 nitrogen and oxygen atoms in total. The fourth-order valence-electron chi connectivity index (χ4n) is 2.95. The summed E-state index contributed by atoms with van der Waals surface area (Å²) >= 11 is 0. The van der Waals surface area contributed by atoms with Gasteiger partial charge < -0.3 is 0 Å². The first-order valence-corrected chi connectivity index (χ1v) is 9.35. The normalized spacial score (nSPS) is 12.4. The molecule has 0 amide bonds. The number of nitrogens with one attached hydrogen (secondary N) is 2. The summed E-state index contributed by atoms with van der Waals surface area (Å²) in [7, 11) is 0. The highest BCUT2D eigenvalue weighted by Gasteiger charge is 2.27. The number of rotatable bonds is 3. The van der Waals surface area contributed by atoms with Crippen LogP contribution in [0.3, 0.4) is 0 Å². The summed E-state index contributed by atoms with van der Waals surface area (Å²) in [6.07, 6.45) is 0. The predicted octanol–water partition coefficient (Wildman–Crippen LogP) is 4.77. The highest BCUT2D eigenvalue weighted by atomic mass is 16.1. The molecule has 29 heavy (non-hydrogen) atoms. The zero-order chi connectivity index (χ0) is 21.4. The minimum atomic E-state index is -0.367. The van der Waals surface area contributed by atoms with Gasteiger partial charge in [-0.25, -0.2) is 4.68 Å². The third-order valence-corrected chi connectivity index (χ3v) is 4.48. The Morgan fingerprint density at radius 1 is 1.00 bits per heavy atom. The van der Waals surface area contributed by atoms with Crippen LogP contribution in [0.1, 0.15) is 58.5 Å². The molecule has 1 aromatic carbocycles. The van der Waals surface area contributed by atoms with Gasteiger partial charge in [0.1, 0.15) is 11.6 Å². The highest BCUT2D eigenvalue weighted by molar-refractivity contribution is 5.53. The maximum Gasteiger partial charge on any atom is 0.299 e. The number of benzene rings is 1. The Bertz CT molecular complexity index is 1140. The molecule has 3 aromatic rings. The first kappa shape index (κ1) is 20.3. The Balaban J connectivity index is 2.13. The number of azo groups is 1. The van der Waals surface area contributed by atoms with Gasteiger partial charge in [-0.05, 0) is 12.1 Å². The Morgan fingerprint density at radius 2 is 1.62 bits per heavy atom. The fraction of sp³-hybridized carbons (Fsp3) is 0.381. The Morgan fingerprint density at radius 3 is 2.17 bits per heavy atom. The molecule has 0 saturated carbocycles. The van der Waals surface area contributed by atoms with Crippen LogP contribution in [0.2, 0.25) is 0 Å². The van der Waals surface area contributed by atoms with Crippen molar-refractivity contribution in [1.29, 1.82) is 5.26 Å². The summed E-state index contributed by atoms with van der Waals surface area (Å²) in [4.78, 5) is 13.1. The number of H-pyrrole nitrogens is 2. The quantitative estimate of drug-likeness (QED) is 0.626. The Hall–Kier alpha value is -3.47. The number of nitrogens with zero attached hydrogens (tertiary/aromatic N) is 5. The molecule has 0 atom stereocenters. The van der Waals surface area contributed by atoms with Crippen LogP contribution in [0.4, 0.5) is 11.5 Å². The largest absolute Gasteiger partial charge is 0.299 e. The second kappa shape index (κ2) is 7.17. The standard InChI is InChI=1S/C21H25N7O/c1-20(2,3)16-14(12-22)18(26-24-16)25-23-15-17(21(4,5)6)27-28(19(15)29)13-10-8-7-9-11-13/h7-11,27H,1-6H3,(H,24,26). The zero-order valence-electron chi connectivity index (χ0n) is 17.5. The van der Waals surface area contributed by atoms with Crippen LogP contribution in [0.5, 0.6) is 0 Å². The number of aromatic amines is 2. The van der Waals surface area contributed by atoms with Gasteiger partial charge >= 0.3 is 0 Å². The third kappa shape index (κ3) is 3.90. The molecule has 0 unspecified atom stereocenters. The van der Waals surface area contributed by atoms with Crippen LogP contribution in [-0.2, 0) is 10.8 Å². The van der Waals surface area contributed by atoms with Crippen molar-refractivity contribution in [2.75, 3.05) is 0 Å². The molecule has 8 heteroatoms. The molecular weight excluding hydrogens is 366 g/mol. The topological polar surface area (TPSA) is 115 Å². The minimum absolute atomic E-state index is 0.171. The van der Waals surface area contributed by atoms with E-state index >= 15 is 0 Å². The van der Waals surface area contributed by atoms with Gasteiger partial charge in [0.25, 0.3) is 5.56 Å². The number of nitriles is 1. The number of aromatic nitrogens is 4. The van der Waals surface area contributed by atoms with Crippen molar-refractivity contribution < 1.29 is 0 Å². The summed E-state index contributed by atoms with van der Waals surface area (Å²) in [5.74, 6) is 0.171. The average molecular weight is 391 g/mol. The molecule has 2 aromatic heterocycles. The molecule has 0 saturated heterocycles. The lowest BCUT2D eigenvalue weighted by atomic mass is 9.90. The summed E-state index contributed by atoms with van der Waals surface area (Å²) in [6, 6.07) is 11.4. The SMILES string of the molecule is CC(C)(C)c1[nH]nc(N=Nc2c(C(C)(C)C)[nH]n(-c3ccccc3)c2=O)c1C#N. The lowest BCUT2D eigenvalue weighted by molar-refractivity contribution is 0.560. The Kier molecular flexibility index (Phi) is 5.01. The number of hydrogen-bond acceptors (Lipinski definition) is 5.